The zero-order valence-electron chi connectivity index (χ0n) is 13.6. The van der Waals surface area contributed by atoms with Crippen LogP contribution in [0.25, 0.3) is 0 Å². The van der Waals surface area contributed by atoms with Crippen LogP contribution in [-0.4, -0.2) is 49.8 Å². The molecule has 1 aromatic rings. The number of hydrogen-bond donors (Lipinski definition) is 0. The molecule has 1 saturated carbocycles. The fourth-order valence-corrected chi connectivity index (χ4v) is 5.35. The van der Waals surface area contributed by atoms with Gasteiger partial charge >= 0.3 is 0 Å². The molecule has 128 valence electrons. The maximum Gasteiger partial charge on any atom is 0.243 e. The molecule has 0 amide bonds. The normalized spacial score (nSPS) is 27.9. The summed E-state index contributed by atoms with van der Waals surface area (Å²) >= 11 is 5.85. The molecule has 2 atom stereocenters. The molecule has 2 aliphatic rings. The topological polar surface area (TPSA) is 40.6 Å². The van der Waals surface area contributed by atoms with Crippen molar-refractivity contribution in [2.24, 2.45) is 5.92 Å². The van der Waals surface area contributed by atoms with Crippen molar-refractivity contribution in [2.75, 3.05) is 26.2 Å². The van der Waals surface area contributed by atoms with Gasteiger partial charge in [0.2, 0.25) is 10.0 Å². The van der Waals surface area contributed by atoms with Crippen molar-refractivity contribution in [3.63, 3.8) is 0 Å². The highest BCUT2D eigenvalue weighted by molar-refractivity contribution is 7.89. The monoisotopic (exact) mass is 356 g/mol. The Labute approximate surface area is 144 Å². The molecule has 0 aromatic heterocycles. The first-order chi connectivity index (χ1) is 11.0. The van der Waals surface area contributed by atoms with Crippen molar-refractivity contribution in [1.82, 2.24) is 9.21 Å². The summed E-state index contributed by atoms with van der Waals surface area (Å²) in [4.78, 5) is 2.82. The molecule has 3 rings (SSSR count). The second kappa shape index (κ2) is 7.09. The second-order valence-electron chi connectivity index (χ2n) is 6.82. The van der Waals surface area contributed by atoms with E-state index in [-0.39, 0.29) is 0 Å². The SMILES string of the molecule is C[C@@H]1CCC[C@H](N2CCN(S(=O)(=O)c3ccc(Cl)cc3)CC2)C1. The summed E-state index contributed by atoms with van der Waals surface area (Å²) in [7, 11) is -3.40. The van der Waals surface area contributed by atoms with Gasteiger partial charge in [-0.15, -0.1) is 0 Å². The molecule has 0 bridgehead atoms. The summed E-state index contributed by atoms with van der Waals surface area (Å²) in [5.41, 5.74) is 0. The number of halogens is 1. The van der Waals surface area contributed by atoms with Crippen LogP contribution >= 0.6 is 11.6 Å². The minimum atomic E-state index is -3.40. The Balaban J connectivity index is 1.63. The summed E-state index contributed by atoms with van der Waals surface area (Å²) < 4.78 is 27.0. The molecule has 23 heavy (non-hydrogen) atoms. The maximum absolute atomic E-state index is 12.7. The van der Waals surface area contributed by atoms with Gasteiger partial charge in [-0.3, -0.25) is 4.90 Å². The Morgan fingerprint density at radius 1 is 1.04 bits per heavy atom. The lowest BCUT2D eigenvalue weighted by atomic mass is 9.86. The minimum Gasteiger partial charge on any atom is -0.298 e. The van der Waals surface area contributed by atoms with Crippen LogP contribution in [0.5, 0.6) is 0 Å². The first kappa shape index (κ1) is 17.2. The molecule has 1 saturated heterocycles. The highest BCUT2D eigenvalue weighted by Crippen LogP contribution is 2.28. The average Bonchev–Trinajstić information content (AvgIpc) is 2.55. The molecule has 1 aliphatic heterocycles. The van der Waals surface area contributed by atoms with E-state index >= 15 is 0 Å². The fourth-order valence-electron chi connectivity index (χ4n) is 3.80. The third kappa shape index (κ3) is 3.90. The summed E-state index contributed by atoms with van der Waals surface area (Å²) in [6, 6.07) is 7.08. The molecule has 0 unspecified atom stereocenters. The molecule has 1 aromatic carbocycles. The molecule has 1 aliphatic carbocycles. The highest BCUT2D eigenvalue weighted by atomic mass is 35.5. The highest BCUT2D eigenvalue weighted by Gasteiger charge is 2.32. The average molecular weight is 357 g/mol. The van der Waals surface area contributed by atoms with Crippen LogP contribution in [0.1, 0.15) is 32.6 Å². The zero-order chi connectivity index (χ0) is 16.4. The van der Waals surface area contributed by atoms with E-state index in [9.17, 15) is 8.42 Å². The van der Waals surface area contributed by atoms with Crippen molar-refractivity contribution >= 4 is 21.6 Å². The van der Waals surface area contributed by atoms with E-state index in [1.54, 1.807) is 28.6 Å². The second-order valence-corrected chi connectivity index (χ2v) is 9.19. The summed E-state index contributed by atoms with van der Waals surface area (Å²) in [6.07, 6.45) is 5.15. The maximum atomic E-state index is 12.7. The predicted octanol–water partition coefficient (Wildman–Crippen LogP) is 3.23. The van der Waals surface area contributed by atoms with Gasteiger partial charge in [0.05, 0.1) is 4.90 Å². The molecule has 2 fully saturated rings. The molecule has 0 radical (unpaired) electrons. The lowest BCUT2D eigenvalue weighted by Crippen LogP contribution is -2.52. The van der Waals surface area contributed by atoms with E-state index in [0.717, 1.165) is 19.0 Å². The largest absolute Gasteiger partial charge is 0.298 e. The summed E-state index contributed by atoms with van der Waals surface area (Å²) in [5.74, 6) is 0.796. The summed E-state index contributed by atoms with van der Waals surface area (Å²) in [5, 5.41) is 0.556. The van der Waals surface area contributed by atoms with E-state index in [1.807, 2.05) is 0 Å². The number of sulfonamides is 1. The number of hydrogen-bond acceptors (Lipinski definition) is 3. The van der Waals surface area contributed by atoms with Gasteiger partial charge in [0.15, 0.2) is 0 Å². The Hall–Kier alpha value is -0.620. The van der Waals surface area contributed by atoms with Gasteiger partial charge in [-0.05, 0) is 43.0 Å². The quantitative estimate of drug-likeness (QED) is 0.834. The van der Waals surface area contributed by atoms with Crippen molar-refractivity contribution in [3.8, 4) is 0 Å². The zero-order valence-corrected chi connectivity index (χ0v) is 15.2. The van der Waals surface area contributed by atoms with Crippen LogP contribution in [-0.2, 0) is 10.0 Å². The van der Waals surface area contributed by atoms with Crippen LogP contribution in [0.3, 0.4) is 0 Å². The van der Waals surface area contributed by atoms with Gasteiger partial charge in [0.1, 0.15) is 0 Å². The number of rotatable bonds is 3. The van der Waals surface area contributed by atoms with Crippen LogP contribution in [0.2, 0.25) is 5.02 Å². The van der Waals surface area contributed by atoms with Crippen LogP contribution in [0.15, 0.2) is 29.2 Å². The minimum absolute atomic E-state index is 0.335. The Morgan fingerprint density at radius 2 is 1.70 bits per heavy atom. The molecule has 6 heteroatoms. The van der Waals surface area contributed by atoms with E-state index in [4.69, 9.17) is 11.6 Å². The van der Waals surface area contributed by atoms with Crippen molar-refractivity contribution in [2.45, 2.75) is 43.5 Å². The van der Waals surface area contributed by atoms with Crippen molar-refractivity contribution in [3.05, 3.63) is 29.3 Å². The van der Waals surface area contributed by atoms with Crippen molar-refractivity contribution < 1.29 is 8.42 Å². The first-order valence-corrected chi connectivity index (χ1v) is 10.3. The number of benzene rings is 1. The number of piperazine rings is 1. The molecule has 4 nitrogen and oxygen atoms in total. The first-order valence-electron chi connectivity index (χ1n) is 8.46. The molecular weight excluding hydrogens is 332 g/mol. The van der Waals surface area contributed by atoms with Crippen molar-refractivity contribution in [1.29, 1.82) is 0 Å². The van der Waals surface area contributed by atoms with Gasteiger partial charge in [-0.2, -0.15) is 4.31 Å². The standard InChI is InChI=1S/C17H25ClN2O2S/c1-14-3-2-4-16(13-14)19-9-11-20(12-10-19)23(21,22)17-7-5-15(18)6-8-17/h5-8,14,16H,2-4,9-13H2,1H3/t14-,16+/m1/s1. The Bertz CT molecular complexity index is 624. The molecular formula is C17H25ClN2O2S. The third-order valence-corrected chi connectivity index (χ3v) is 7.31. The number of nitrogens with zero attached hydrogens (tertiary/aromatic N) is 2. The molecule has 1 heterocycles. The fraction of sp³-hybridized carbons (Fsp3) is 0.647. The lowest BCUT2D eigenvalue weighted by Gasteiger charge is -2.41. The van der Waals surface area contributed by atoms with Gasteiger partial charge in [-0.25, -0.2) is 8.42 Å². The van der Waals surface area contributed by atoms with Gasteiger partial charge in [0, 0.05) is 37.2 Å². The summed E-state index contributed by atoms with van der Waals surface area (Å²) in [6.45, 7) is 5.16. The Morgan fingerprint density at radius 3 is 2.30 bits per heavy atom. The van der Waals surface area contributed by atoms with Gasteiger partial charge < -0.3 is 0 Å². The Kier molecular flexibility index (Phi) is 5.31. The van der Waals surface area contributed by atoms with E-state index in [2.05, 4.69) is 11.8 Å². The van der Waals surface area contributed by atoms with E-state index < -0.39 is 10.0 Å². The molecule has 0 spiro atoms. The predicted molar refractivity (Wildman–Crippen MR) is 93.2 cm³/mol. The van der Waals surface area contributed by atoms with E-state index in [0.29, 0.717) is 29.0 Å². The van der Waals surface area contributed by atoms with Gasteiger partial charge in [0.25, 0.3) is 0 Å². The molecule has 0 N–H and O–H groups in total. The third-order valence-electron chi connectivity index (χ3n) is 5.15. The van der Waals surface area contributed by atoms with Crippen LogP contribution < -0.4 is 0 Å². The van der Waals surface area contributed by atoms with Gasteiger partial charge in [-0.1, -0.05) is 31.4 Å². The smallest absolute Gasteiger partial charge is 0.243 e. The van der Waals surface area contributed by atoms with Crippen LogP contribution in [0, 0.1) is 5.92 Å². The van der Waals surface area contributed by atoms with E-state index in [1.165, 1.54) is 25.7 Å². The lowest BCUT2D eigenvalue weighted by molar-refractivity contribution is 0.0967. The van der Waals surface area contributed by atoms with Crippen LogP contribution in [0.4, 0.5) is 0 Å².